The van der Waals surface area contributed by atoms with Gasteiger partial charge in [0, 0.05) is 18.6 Å². The molecule has 0 aliphatic rings. The molecule has 2 rings (SSSR count). The Hall–Kier alpha value is -2.27. The van der Waals surface area contributed by atoms with Crippen molar-refractivity contribution in [3.8, 4) is 5.75 Å². The van der Waals surface area contributed by atoms with E-state index in [-0.39, 0.29) is 6.61 Å². The van der Waals surface area contributed by atoms with Crippen molar-refractivity contribution in [2.75, 3.05) is 0 Å². The molecule has 0 saturated carbocycles. The fourth-order valence-electron chi connectivity index (χ4n) is 1.39. The van der Waals surface area contributed by atoms with E-state index in [1.807, 2.05) is 0 Å². The van der Waals surface area contributed by atoms with Crippen molar-refractivity contribution >= 4 is 5.97 Å². The molecule has 5 heteroatoms. The smallest absolute Gasteiger partial charge is 0.343 e. The van der Waals surface area contributed by atoms with Crippen LogP contribution in [0.4, 0.5) is 0 Å². The molecule has 0 aromatic carbocycles. The third-order valence-electron chi connectivity index (χ3n) is 2.40. The van der Waals surface area contributed by atoms with Crippen LogP contribution in [-0.4, -0.2) is 21.0 Å². The molecular weight excluding hydrogens is 232 g/mol. The summed E-state index contributed by atoms with van der Waals surface area (Å²) in [6.45, 7) is 1.59. The molecule has 0 bridgehead atoms. The summed E-state index contributed by atoms with van der Waals surface area (Å²) in [4.78, 5) is 19.7. The van der Waals surface area contributed by atoms with E-state index >= 15 is 0 Å². The second kappa shape index (κ2) is 5.37. The van der Waals surface area contributed by atoms with Crippen LogP contribution in [0.3, 0.4) is 0 Å². The van der Waals surface area contributed by atoms with Crippen LogP contribution >= 0.6 is 0 Å². The van der Waals surface area contributed by atoms with E-state index in [4.69, 9.17) is 9.84 Å². The Morgan fingerprint density at radius 1 is 1.39 bits per heavy atom. The Balaban J connectivity index is 2.21. The Bertz CT molecular complexity index is 555. The van der Waals surface area contributed by atoms with Crippen LogP contribution in [0.1, 0.15) is 21.6 Å². The van der Waals surface area contributed by atoms with Crippen LogP contribution in [0.5, 0.6) is 5.75 Å². The van der Waals surface area contributed by atoms with E-state index < -0.39 is 5.97 Å². The van der Waals surface area contributed by atoms with Gasteiger partial charge in [-0.25, -0.2) is 4.79 Å². The molecule has 0 saturated heterocycles. The van der Waals surface area contributed by atoms with Gasteiger partial charge < -0.3 is 9.84 Å². The summed E-state index contributed by atoms with van der Waals surface area (Å²) in [7, 11) is 0. The number of carbonyl (C=O) groups is 1. The number of pyridine rings is 2. The number of hydrogen-bond acceptors (Lipinski definition) is 5. The molecule has 0 aliphatic carbocycles. The largest absolute Gasteiger partial charge is 0.421 e. The van der Waals surface area contributed by atoms with Gasteiger partial charge >= 0.3 is 5.97 Å². The molecule has 0 amide bonds. The van der Waals surface area contributed by atoms with E-state index in [1.54, 1.807) is 31.3 Å². The van der Waals surface area contributed by atoms with Gasteiger partial charge in [0.1, 0.15) is 0 Å². The number of aryl methyl sites for hydroxylation is 1. The van der Waals surface area contributed by atoms with Gasteiger partial charge in [0.15, 0.2) is 5.75 Å². The number of aliphatic hydroxyl groups excluding tert-OH is 1. The summed E-state index contributed by atoms with van der Waals surface area (Å²) in [6.07, 6.45) is 4.58. The van der Waals surface area contributed by atoms with E-state index in [0.29, 0.717) is 22.6 Å². The molecule has 0 unspecified atom stereocenters. The third-order valence-corrected chi connectivity index (χ3v) is 2.40. The van der Waals surface area contributed by atoms with Gasteiger partial charge in [-0.1, -0.05) is 0 Å². The molecule has 0 atom stereocenters. The van der Waals surface area contributed by atoms with E-state index in [9.17, 15) is 4.79 Å². The number of aliphatic hydroxyl groups is 1. The quantitative estimate of drug-likeness (QED) is 0.828. The number of esters is 1. The number of hydrogen-bond donors (Lipinski definition) is 1. The zero-order valence-electron chi connectivity index (χ0n) is 9.83. The van der Waals surface area contributed by atoms with Crippen molar-refractivity contribution in [3.63, 3.8) is 0 Å². The average molecular weight is 244 g/mol. The predicted octanol–water partition coefficient (Wildman–Crippen LogP) is 1.50. The molecule has 0 aliphatic heterocycles. The maximum Gasteiger partial charge on any atom is 0.343 e. The van der Waals surface area contributed by atoms with Gasteiger partial charge in [0.25, 0.3) is 0 Å². The monoisotopic (exact) mass is 244 g/mol. The van der Waals surface area contributed by atoms with Gasteiger partial charge in [0.2, 0.25) is 0 Å². The normalized spacial score (nSPS) is 10.1. The van der Waals surface area contributed by atoms with Crippen LogP contribution in [-0.2, 0) is 6.61 Å². The molecule has 2 aromatic rings. The molecule has 18 heavy (non-hydrogen) atoms. The van der Waals surface area contributed by atoms with E-state index in [1.165, 1.54) is 12.4 Å². The molecule has 5 nitrogen and oxygen atoms in total. The third kappa shape index (κ3) is 2.70. The lowest BCUT2D eigenvalue weighted by Gasteiger charge is -2.07. The first kappa shape index (κ1) is 12.2. The number of rotatable bonds is 3. The minimum Gasteiger partial charge on any atom is -0.421 e. The van der Waals surface area contributed by atoms with Gasteiger partial charge in [-0.05, 0) is 30.7 Å². The number of ether oxygens (including phenoxy) is 1. The van der Waals surface area contributed by atoms with Crippen LogP contribution in [0.2, 0.25) is 0 Å². The number of aromatic nitrogens is 2. The predicted molar refractivity (Wildman–Crippen MR) is 64.1 cm³/mol. The van der Waals surface area contributed by atoms with Gasteiger partial charge in [0.05, 0.1) is 17.9 Å². The number of nitrogens with zero attached hydrogens (tertiary/aromatic N) is 2. The van der Waals surface area contributed by atoms with Crippen molar-refractivity contribution in [2.45, 2.75) is 13.5 Å². The first-order valence-corrected chi connectivity index (χ1v) is 5.39. The summed E-state index contributed by atoms with van der Waals surface area (Å²) in [5, 5.41) is 9.02. The zero-order valence-corrected chi connectivity index (χ0v) is 9.83. The van der Waals surface area contributed by atoms with Crippen molar-refractivity contribution in [2.24, 2.45) is 0 Å². The highest BCUT2D eigenvalue weighted by Crippen LogP contribution is 2.18. The minimum atomic E-state index is -0.475. The lowest BCUT2D eigenvalue weighted by atomic mass is 10.2. The Labute approximate surface area is 104 Å². The molecule has 0 spiro atoms. The second-order valence-electron chi connectivity index (χ2n) is 3.71. The van der Waals surface area contributed by atoms with Crippen LogP contribution in [0, 0.1) is 6.92 Å². The fraction of sp³-hybridized carbons (Fsp3) is 0.154. The van der Waals surface area contributed by atoms with Crippen LogP contribution < -0.4 is 4.74 Å². The molecule has 2 aromatic heterocycles. The van der Waals surface area contributed by atoms with Crippen LogP contribution in [0.15, 0.2) is 36.8 Å². The highest BCUT2D eigenvalue weighted by Gasteiger charge is 2.11. The lowest BCUT2D eigenvalue weighted by Crippen LogP contribution is -2.10. The Morgan fingerprint density at radius 3 is 2.78 bits per heavy atom. The SMILES string of the molecule is Cc1ncc(CO)cc1OC(=O)c1ccncc1. The highest BCUT2D eigenvalue weighted by atomic mass is 16.5. The fourth-order valence-corrected chi connectivity index (χ4v) is 1.39. The Kier molecular flexibility index (Phi) is 3.64. The van der Waals surface area contributed by atoms with Crippen molar-refractivity contribution < 1.29 is 14.6 Å². The molecule has 0 radical (unpaired) electrons. The number of carbonyl (C=O) groups excluding carboxylic acids is 1. The van der Waals surface area contributed by atoms with Crippen LogP contribution in [0.25, 0.3) is 0 Å². The van der Waals surface area contributed by atoms with Gasteiger partial charge in [-0.3, -0.25) is 9.97 Å². The zero-order chi connectivity index (χ0) is 13.0. The first-order chi connectivity index (χ1) is 8.70. The molecule has 1 N–H and O–H groups in total. The second-order valence-corrected chi connectivity index (χ2v) is 3.71. The minimum absolute atomic E-state index is 0.146. The van der Waals surface area contributed by atoms with Crippen molar-refractivity contribution in [3.05, 3.63) is 53.6 Å². The lowest BCUT2D eigenvalue weighted by molar-refractivity contribution is 0.0732. The van der Waals surface area contributed by atoms with E-state index in [2.05, 4.69) is 9.97 Å². The highest BCUT2D eigenvalue weighted by molar-refractivity contribution is 5.90. The van der Waals surface area contributed by atoms with Crippen molar-refractivity contribution in [1.82, 2.24) is 9.97 Å². The van der Waals surface area contributed by atoms with Gasteiger partial charge in [-0.15, -0.1) is 0 Å². The average Bonchev–Trinajstić information content (AvgIpc) is 2.42. The molecular formula is C13H12N2O3. The summed E-state index contributed by atoms with van der Waals surface area (Å²) in [5.74, 6) is -0.124. The summed E-state index contributed by atoms with van der Waals surface area (Å²) in [5.41, 5.74) is 1.60. The standard InChI is InChI=1S/C13H12N2O3/c1-9-12(6-10(8-16)7-15-9)18-13(17)11-2-4-14-5-3-11/h2-7,16H,8H2,1H3. The maximum absolute atomic E-state index is 11.8. The Morgan fingerprint density at radius 2 is 2.11 bits per heavy atom. The summed E-state index contributed by atoms with van der Waals surface area (Å²) in [6, 6.07) is 4.74. The van der Waals surface area contributed by atoms with E-state index in [0.717, 1.165) is 0 Å². The molecule has 0 fully saturated rings. The summed E-state index contributed by atoms with van der Waals surface area (Å²) < 4.78 is 5.23. The topological polar surface area (TPSA) is 72.3 Å². The first-order valence-electron chi connectivity index (χ1n) is 5.39. The molecule has 92 valence electrons. The summed E-state index contributed by atoms with van der Waals surface area (Å²) >= 11 is 0. The molecule has 2 heterocycles. The van der Waals surface area contributed by atoms with Crippen molar-refractivity contribution in [1.29, 1.82) is 0 Å². The van der Waals surface area contributed by atoms with Gasteiger partial charge in [-0.2, -0.15) is 0 Å². The maximum atomic E-state index is 11.8.